The van der Waals surface area contributed by atoms with E-state index in [2.05, 4.69) is 22.1 Å². The van der Waals surface area contributed by atoms with E-state index in [1.807, 2.05) is 24.4 Å². The lowest BCUT2D eigenvalue weighted by Crippen LogP contribution is -2.39. The fraction of sp³-hybridized carbons (Fsp3) is 0.474. The average molecular weight is 343 g/mol. The number of hydrogen-bond donors (Lipinski definition) is 3. The molecular formula is C19H25N3O3. The quantitative estimate of drug-likeness (QED) is 0.728. The first kappa shape index (κ1) is 17.5. The van der Waals surface area contributed by atoms with E-state index < -0.39 is 11.8 Å². The van der Waals surface area contributed by atoms with Crippen LogP contribution in [0.5, 0.6) is 0 Å². The summed E-state index contributed by atoms with van der Waals surface area (Å²) in [4.78, 5) is 24.1. The Bertz CT molecular complexity index is 768. The summed E-state index contributed by atoms with van der Waals surface area (Å²) < 4.78 is 2.13. The van der Waals surface area contributed by atoms with Crippen LogP contribution in [0.25, 0.3) is 10.9 Å². The van der Waals surface area contributed by atoms with Gasteiger partial charge in [-0.1, -0.05) is 19.4 Å². The minimum Gasteiger partial charge on any atom is -0.393 e. The number of aliphatic hydroxyl groups is 1. The highest BCUT2D eigenvalue weighted by atomic mass is 16.3. The highest BCUT2D eigenvalue weighted by Crippen LogP contribution is 2.24. The first-order chi connectivity index (χ1) is 12.1. The summed E-state index contributed by atoms with van der Waals surface area (Å²) in [6.45, 7) is 3.36. The molecule has 1 heterocycles. The molecule has 3 N–H and O–H groups in total. The first-order valence-corrected chi connectivity index (χ1v) is 8.94. The highest BCUT2D eigenvalue weighted by molar-refractivity contribution is 6.39. The molecule has 2 unspecified atom stereocenters. The predicted molar refractivity (Wildman–Crippen MR) is 97.2 cm³/mol. The van der Waals surface area contributed by atoms with E-state index in [-0.39, 0.29) is 12.0 Å². The molecule has 1 aliphatic rings. The fourth-order valence-corrected chi connectivity index (χ4v) is 3.44. The van der Waals surface area contributed by atoms with Crippen molar-refractivity contribution >= 4 is 28.4 Å². The number of fused-ring (bicyclic) bond motifs is 1. The van der Waals surface area contributed by atoms with Gasteiger partial charge in [-0.05, 0) is 42.8 Å². The van der Waals surface area contributed by atoms with Crippen molar-refractivity contribution in [2.24, 2.45) is 5.92 Å². The van der Waals surface area contributed by atoms with Crippen LogP contribution < -0.4 is 10.6 Å². The van der Waals surface area contributed by atoms with Crippen molar-refractivity contribution < 1.29 is 14.7 Å². The molecule has 25 heavy (non-hydrogen) atoms. The molecule has 6 heteroatoms. The number of carbonyl (C=O) groups is 2. The van der Waals surface area contributed by atoms with Gasteiger partial charge in [0, 0.05) is 30.9 Å². The lowest BCUT2D eigenvalue weighted by Gasteiger charge is -2.14. The molecule has 2 amide bonds. The number of aryl methyl sites for hydroxylation is 1. The number of benzene rings is 1. The number of aromatic nitrogens is 1. The van der Waals surface area contributed by atoms with Crippen LogP contribution in [0.1, 0.15) is 32.6 Å². The van der Waals surface area contributed by atoms with Gasteiger partial charge in [-0.2, -0.15) is 0 Å². The number of anilines is 1. The molecule has 0 radical (unpaired) electrons. The summed E-state index contributed by atoms with van der Waals surface area (Å²) in [5.41, 5.74) is 1.64. The normalized spacial score (nSPS) is 19.9. The summed E-state index contributed by atoms with van der Waals surface area (Å²) in [6, 6.07) is 7.65. The van der Waals surface area contributed by atoms with Gasteiger partial charge >= 0.3 is 11.8 Å². The summed E-state index contributed by atoms with van der Waals surface area (Å²) in [6.07, 6.45) is 5.29. The van der Waals surface area contributed by atoms with Crippen LogP contribution in [0, 0.1) is 5.92 Å². The molecule has 2 atom stereocenters. The Kier molecular flexibility index (Phi) is 5.38. The van der Waals surface area contributed by atoms with Crippen LogP contribution in [0.3, 0.4) is 0 Å². The molecule has 1 aromatic heterocycles. The Morgan fingerprint density at radius 2 is 2.08 bits per heavy atom. The number of nitrogens with one attached hydrogen (secondary N) is 2. The van der Waals surface area contributed by atoms with Gasteiger partial charge in [0.1, 0.15) is 0 Å². The van der Waals surface area contributed by atoms with Crippen molar-refractivity contribution in [2.45, 2.75) is 45.3 Å². The molecule has 0 bridgehead atoms. The summed E-state index contributed by atoms with van der Waals surface area (Å²) in [5, 5.41) is 16.1. The summed E-state index contributed by atoms with van der Waals surface area (Å²) in [7, 11) is 0. The van der Waals surface area contributed by atoms with Gasteiger partial charge in [0.2, 0.25) is 0 Å². The van der Waals surface area contributed by atoms with Gasteiger partial charge in [-0.15, -0.1) is 0 Å². The van der Waals surface area contributed by atoms with E-state index in [1.54, 1.807) is 6.07 Å². The number of rotatable bonds is 5. The largest absolute Gasteiger partial charge is 0.393 e. The van der Waals surface area contributed by atoms with Crippen molar-refractivity contribution in [1.82, 2.24) is 9.88 Å². The summed E-state index contributed by atoms with van der Waals surface area (Å²) >= 11 is 0. The number of nitrogens with zero attached hydrogens (tertiary/aromatic N) is 1. The fourth-order valence-electron chi connectivity index (χ4n) is 3.44. The monoisotopic (exact) mass is 343 g/mol. The predicted octanol–water partition coefficient (Wildman–Crippen LogP) is 2.27. The lowest BCUT2D eigenvalue weighted by atomic mass is 10.1. The number of hydrogen-bond acceptors (Lipinski definition) is 3. The average Bonchev–Trinajstić information content (AvgIpc) is 3.19. The maximum absolute atomic E-state index is 12.1. The van der Waals surface area contributed by atoms with Crippen molar-refractivity contribution in [3.63, 3.8) is 0 Å². The Labute approximate surface area is 147 Å². The van der Waals surface area contributed by atoms with E-state index in [0.717, 1.165) is 43.1 Å². The van der Waals surface area contributed by atoms with Crippen LogP contribution in [0.2, 0.25) is 0 Å². The Morgan fingerprint density at radius 3 is 2.80 bits per heavy atom. The standard InChI is InChI=1S/C19H25N3O3/c1-2-9-22-10-8-13-6-7-15(11-16(13)22)21-19(25)18(24)20-12-14-4-3-5-17(14)23/h6-8,10-11,14,17,23H,2-5,9,12H2,1H3,(H,20,24)(H,21,25). The van der Waals surface area contributed by atoms with Gasteiger partial charge in [-0.25, -0.2) is 0 Å². The SMILES string of the molecule is CCCn1ccc2ccc(NC(=O)C(=O)NCC3CCCC3O)cc21. The van der Waals surface area contributed by atoms with Crippen LogP contribution >= 0.6 is 0 Å². The third-order valence-corrected chi connectivity index (χ3v) is 4.85. The molecule has 2 aromatic rings. The van der Waals surface area contributed by atoms with Gasteiger partial charge in [-0.3, -0.25) is 9.59 Å². The van der Waals surface area contributed by atoms with Crippen LogP contribution in [-0.2, 0) is 16.1 Å². The lowest BCUT2D eigenvalue weighted by molar-refractivity contribution is -0.136. The molecule has 1 saturated carbocycles. The summed E-state index contributed by atoms with van der Waals surface area (Å²) in [5.74, 6) is -1.30. The highest BCUT2D eigenvalue weighted by Gasteiger charge is 2.26. The van der Waals surface area contributed by atoms with Gasteiger partial charge < -0.3 is 20.3 Å². The molecule has 134 valence electrons. The number of amides is 2. The zero-order valence-electron chi connectivity index (χ0n) is 14.5. The second-order valence-electron chi connectivity index (χ2n) is 6.71. The maximum atomic E-state index is 12.1. The van der Waals surface area contributed by atoms with E-state index >= 15 is 0 Å². The molecule has 0 aliphatic heterocycles. The maximum Gasteiger partial charge on any atom is 0.313 e. The van der Waals surface area contributed by atoms with Crippen LogP contribution in [0.15, 0.2) is 30.5 Å². The van der Waals surface area contributed by atoms with E-state index in [1.165, 1.54) is 0 Å². The zero-order chi connectivity index (χ0) is 17.8. The number of aliphatic hydroxyl groups excluding tert-OH is 1. The van der Waals surface area contributed by atoms with Crippen molar-refractivity contribution in [3.8, 4) is 0 Å². The minimum absolute atomic E-state index is 0.0467. The van der Waals surface area contributed by atoms with Gasteiger partial charge in [0.25, 0.3) is 0 Å². The van der Waals surface area contributed by atoms with Crippen LogP contribution in [0.4, 0.5) is 5.69 Å². The molecule has 0 saturated heterocycles. The molecule has 1 fully saturated rings. The second kappa shape index (κ2) is 7.70. The first-order valence-electron chi connectivity index (χ1n) is 8.94. The Balaban J connectivity index is 1.60. The van der Waals surface area contributed by atoms with Gasteiger partial charge in [0.05, 0.1) is 11.6 Å². The van der Waals surface area contributed by atoms with Crippen molar-refractivity contribution in [2.75, 3.05) is 11.9 Å². The Hall–Kier alpha value is -2.34. The Morgan fingerprint density at radius 1 is 1.24 bits per heavy atom. The molecule has 1 aliphatic carbocycles. The van der Waals surface area contributed by atoms with Crippen molar-refractivity contribution in [1.29, 1.82) is 0 Å². The zero-order valence-corrected chi connectivity index (χ0v) is 14.5. The minimum atomic E-state index is -0.680. The molecular weight excluding hydrogens is 318 g/mol. The van der Waals surface area contributed by atoms with Gasteiger partial charge in [0.15, 0.2) is 0 Å². The van der Waals surface area contributed by atoms with E-state index in [9.17, 15) is 14.7 Å². The van der Waals surface area contributed by atoms with Crippen LogP contribution in [-0.4, -0.2) is 34.1 Å². The smallest absolute Gasteiger partial charge is 0.313 e. The van der Waals surface area contributed by atoms with E-state index in [0.29, 0.717) is 12.2 Å². The number of carbonyl (C=O) groups excluding carboxylic acids is 2. The van der Waals surface area contributed by atoms with Crippen molar-refractivity contribution in [3.05, 3.63) is 30.5 Å². The molecule has 6 nitrogen and oxygen atoms in total. The second-order valence-corrected chi connectivity index (χ2v) is 6.71. The third-order valence-electron chi connectivity index (χ3n) is 4.85. The molecule has 1 aromatic carbocycles. The molecule has 0 spiro atoms. The van der Waals surface area contributed by atoms with E-state index in [4.69, 9.17) is 0 Å². The molecule has 3 rings (SSSR count). The third kappa shape index (κ3) is 4.02. The topological polar surface area (TPSA) is 83.4 Å².